The molecule has 3 nitrogen and oxygen atoms in total. The summed E-state index contributed by atoms with van der Waals surface area (Å²) in [5.41, 5.74) is 0.590. The molecule has 0 saturated carbocycles. The standard InChI is InChI=1S/C16H23NO2/c1-13-10-17(9-8-15(13)19)11-16(2,12-18)14-6-4-3-5-7-14/h3-7,12-13,15,19H,8-11H2,1-2H3. The van der Waals surface area contributed by atoms with E-state index in [1.165, 1.54) is 0 Å². The molecular weight excluding hydrogens is 238 g/mol. The van der Waals surface area contributed by atoms with Crippen LogP contribution in [0.4, 0.5) is 0 Å². The van der Waals surface area contributed by atoms with Crippen LogP contribution in [0, 0.1) is 5.92 Å². The van der Waals surface area contributed by atoms with E-state index in [2.05, 4.69) is 11.8 Å². The second kappa shape index (κ2) is 5.85. The van der Waals surface area contributed by atoms with Gasteiger partial charge < -0.3 is 14.8 Å². The number of carbonyl (C=O) groups excluding carboxylic acids is 1. The van der Waals surface area contributed by atoms with Crippen LogP contribution in [0.1, 0.15) is 25.8 Å². The maximum Gasteiger partial charge on any atom is 0.131 e. The molecule has 2 rings (SSSR count). The summed E-state index contributed by atoms with van der Waals surface area (Å²) in [7, 11) is 0. The Morgan fingerprint density at radius 2 is 2.11 bits per heavy atom. The zero-order valence-corrected chi connectivity index (χ0v) is 11.7. The zero-order valence-electron chi connectivity index (χ0n) is 11.7. The molecular formula is C16H23NO2. The van der Waals surface area contributed by atoms with E-state index in [9.17, 15) is 9.90 Å². The van der Waals surface area contributed by atoms with Crippen molar-refractivity contribution in [1.82, 2.24) is 4.90 Å². The van der Waals surface area contributed by atoms with Gasteiger partial charge in [0.15, 0.2) is 0 Å². The summed E-state index contributed by atoms with van der Waals surface area (Å²) in [6.45, 7) is 6.50. The number of hydrogen-bond donors (Lipinski definition) is 1. The molecule has 104 valence electrons. The van der Waals surface area contributed by atoms with E-state index in [0.29, 0.717) is 0 Å². The molecule has 1 N–H and O–H groups in total. The van der Waals surface area contributed by atoms with E-state index in [-0.39, 0.29) is 12.0 Å². The predicted molar refractivity (Wildman–Crippen MR) is 76.1 cm³/mol. The molecule has 19 heavy (non-hydrogen) atoms. The van der Waals surface area contributed by atoms with Gasteiger partial charge in [-0.15, -0.1) is 0 Å². The number of carbonyl (C=O) groups is 1. The van der Waals surface area contributed by atoms with Gasteiger partial charge in [-0.25, -0.2) is 0 Å². The Balaban J connectivity index is 2.09. The minimum atomic E-state index is -0.469. The van der Waals surface area contributed by atoms with Crippen LogP contribution in [-0.2, 0) is 10.2 Å². The van der Waals surface area contributed by atoms with E-state index in [1.807, 2.05) is 37.3 Å². The molecule has 1 aliphatic rings. The lowest BCUT2D eigenvalue weighted by molar-refractivity contribution is -0.113. The Labute approximate surface area is 115 Å². The van der Waals surface area contributed by atoms with Crippen molar-refractivity contribution in [2.24, 2.45) is 5.92 Å². The van der Waals surface area contributed by atoms with Gasteiger partial charge in [0, 0.05) is 19.6 Å². The number of aldehydes is 1. The van der Waals surface area contributed by atoms with Crippen molar-refractivity contribution in [3.63, 3.8) is 0 Å². The second-order valence-corrected chi connectivity index (χ2v) is 5.97. The van der Waals surface area contributed by atoms with E-state index in [1.54, 1.807) is 0 Å². The maximum absolute atomic E-state index is 11.6. The highest BCUT2D eigenvalue weighted by atomic mass is 16.3. The summed E-state index contributed by atoms with van der Waals surface area (Å²) in [6, 6.07) is 9.93. The fraction of sp³-hybridized carbons (Fsp3) is 0.562. The largest absolute Gasteiger partial charge is 0.393 e. The van der Waals surface area contributed by atoms with Crippen molar-refractivity contribution < 1.29 is 9.90 Å². The quantitative estimate of drug-likeness (QED) is 0.841. The fourth-order valence-corrected chi connectivity index (χ4v) is 2.84. The minimum Gasteiger partial charge on any atom is -0.393 e. The molecule has 0 spiro atoms. The molecule has 3 atom stereocenters. The van der Waals surface area contributed by atoms with Gasteiger partial charge in [0.25, 0.3) is 0 Å². The Hall–Kier alpha value is -1.19. The molecule has 1 aliphatic heterocycles. The van der Waals surface area contributed by atoms with Crippen LogP contribution in [0.2, 0.25) is 0 Å². The number of benzene rings is 1. The summed E-state index contributed by atoms with van der Waals surface area (Å²) >= 11 is 0. The molecule has 0 bridgehead atoms. The SMILES string of the molecule is CC1CN(CC(C)(C=O)c2ccccc2)CCC1O. The highest BCUT2D eigenvalue weighted by molar-refractivity contribution is 5.68. The predicted octanol–water partition coefficient (Wildman–Crippen LogP) is 1.85. The number of aliphatic hydroxyl groups is 1. The first kappa shape index (κ1) is 14.2. The monoisotopic (exact) mass is 261 g/mol. The lowest BCUT2D eigenvalue weighted by atomic mass is 9.82. The van der Waals surface area contributed by atoms with Crippen LogP contribution in [0.3, 0.4) is 0 Å². The van der Waals surface area contributed by atoms with Gasteiger partial charge in [-0.05, 0) is 24.8 Å². The molecule has 1 heterocycles. The van der Waals surface area contributed by atoms with Crippen LogP contribution in [-0.4, -0.2) is 42.0 Å². The van der Waals surface area contributed by atoms with Crippen molar-refractivity contribution in [3.8, 4) is 0 Å². The van der Waals surface area contributed by atoms with E-state index >= 15 is 0 Å². The van der Waals surface area contributed by atoms with Crippen LogP contribution >= 0.6 is 0 Å². The van der Waals surface area contributed by atoms with E-state index in [4.69, 9.17) is 0 Å². The van der Waals surface area contributed by atoms with E-state index < -0.39 is 5.41 Å². The van der Waals surface area contributed by atoms with Crippen molar-refractivity contribution >= 4 is 6.29 Å². The van der Waals surface area contributed by atoms with E-state index in [0.717, 1.165) is 37.9 Å². The third kappa shape index (κ3) is 3.23. The molecule has 3 heteroatoms. The fourth-order valence-electron chi connectivity index (χ4n) is 2.84. The Bertz CT molecular complexity index is 420. The first-order chi connectivity index (χ1) is 9.05. The highest BCUT2D eigenvalue weighted by Gasteiger charge is 2.32. The number of nitrogens with zero attached hydrogens (tertiary/aromatic N) is 1. The molecule has 1 saturated heterocycles. The Morgan fingerprint density at radius 1 is 1.42 bits per heavy atom. The third-order valence-corrected chi connectivity index (χ3v) is 4.19. The van der Waals surface area contributed by atoms with Crippen LogP contribution in [0.25, 0.3) is 0 Å². The van der Waals surface area contributed by atoms with Gasteiger partial charge in [0.1, 0.15) is 6.29 Å². The summed E-state index contributed by atoms with van der Waals surface area (Å²) in [6.07, 6.45) is 1.65. The van der Waals surface area contributed by atoms with Crippen molar-refractivity contribution in [3.05, 3.63) is 35.9 Å². The number of likely N-dealkylation sites (tertiary alicyclic amines) is 1. The van der Waals surface area contributed by atoms with Gasteiger partial charge in [-0.3, -0.25) is 0 Å². The van der Waals surface area contributed by atoms with Crippen LogP contribution in [0.15, 0.2) is 30.3 Å². The maximum atomic E-state index is 11.6. The minimum absolute atomic E-state index is 0.199. The van der Waals surface area contributed by atoms with Gasteiger partial charge in [-0.2, -0.15) is 0 Å². The van der Waals surface area contributed by atoms with Gasteiger partial charge in [-0.1, -0.05) is 37.3 Å². The summed E-state index contributed by atoms with van der Waals surface area (Å²) < 4.78 is 0. The third-order valence-electron chi connectivity index (χ3n) is 4.19. The second-order valence-electron chi connectivity index (χ2n) is 5.97. The number of rotatable bonds is 4. The topological polar surface area (TPSA) is 40.5 Å². The Kier molecular flexibility index (Phi) is 4.38. The zero-order chi connectivity index (χ0) is 13.9. The number of hydrogen-bond acceptors (Lipinski definition) is 3. The van der Waals surface area contributed by atoms with Crippen molar-refractivity contribution in [2.45, 2.75) is 31.8 Å². The van der Waals surface area contributed by atoms with Crippen LogP contribution < -0.4 is 0 Å². The molecule has 1 fully saturated rings. The van der Waals surface area contributed by atoms with Crippen molar-refractivity contribution in [2.75, 3.05) is 19.6 Å². The highest BCUT2D eigenvalue weighted by Crippen LogP contribution is 2.25. The lowest BCUT2D eigenvalue weighted by Crippen LogP contribution is -2.48. The molecule has 0 amide bonds. The number of aliphatic hydroxyl groups excluding tert-OH is 1. The smallest absolute Gasteiger partial charge is 0.131 e. The molecule has 0 radical (unpaired) electrons. The summed E-state index contributed by atoms with van der Waals surface area (Å²) in [4.78, 5) is 13.9. The molecule has 3 unspecified atom stereocenters. The average Bonchev–Trinajstić information content (AvgIpc) is 2.44. The Morgan fingerprint density at radius 3 is 2.68 bits per heavy atom. The first-order valence-electron chi connectivity index (χ1n) is 6.97. The lowest BCUT2D eigenvalue weighted by Gasteiger charge is -2.38. The number of piperidine rings is 1. The van der Waals surface area contributed by atoms with Crippen LogP contribution in [0.5, 0.6) is 0 Å². The molecule has 1 aromatic carbocycles. The molecule has 1 aromatic rings. The first-order valence-corrected chi connectivity index (χ1v) is 6.97. The van der Waals surface area contributed by atoms with Gasteiger partial charge in [0.05, 0.1) is 11.5 Å². The molecule has 0 aromatic heterocycles. The summed E-state index contributed by atoms with van der Waals surface area (Å²) in [5, 5.41) is 9.77. The summed E-state index contributed by atoms with van der Waals surface area (Å²) in [5.74, 6) is 0.278. The van der Waals surface area contributed by atoms with Crippen molar-refractivity contribution in [1.29, 1.82) is 0 Å². The van der Waals surface area contributed by atoms with Gasteiger partial charge >= 0.3 is 0 Å². The average molecular weight is 261 g/mol. The normalized spacial score (nSPS) is 27.7. The molecule has 0 aliphatic carbocycles. The van der Waals surface area contributed by atoms with Gasteiger partial charge in [0.2, 0.25) is 0 Å².